The molecular weight excluding hydrogens is 533 g/mol. The quantitative estimate of drug-likeness (QED) is 0.156. The first-order chi connectivity index (χ1) is 14.5. The van der Waals surface area contributed by atoms with Gasteiger partial charge in [-0.2, -0.15) is 0 Å². The van der Waals surface area contributed by atoms with Crippen LogP contribution in [-0.2, 0) is 27.8 Å². The van der Waals surface area contributed by atoms with Gasteiger partial charge in [0, 0.05) is 33.4 Å². The first-order valence-corrected chi connectivity index (χ1v) is 10.8. The average molecular weight is 559 g/mol. The van der Waals surface area contributed by atoms with Gasteiger partial charge in [0.2, 0.25) is 10.0 Å². The van der Waals surface area contributed by atoms with Crippen LogP contribution < -0.4 is 15.4 Å². The zero-order valence-corrected chi connectivity index (χ0v) is 20.4. The molecule has 0 atom stereocenters. The largest absolute Gasteiger partial charge is 0.383 e. The molecule has 0 saturated carbocycles. The number of nitrogens with zero attached hydrogens (tertiary/aromatic N) is 4. The SMILES string of the molecule is CN=C(NCc1cccc(S(=O)(=O)NCCOC)c1)NCc1nnc2ccccn12.I. The van der Waals surface area contributed by atoms with Crippen molar-refractivity contribution >= 4 is 45.6 Å². The highest BCUT2D eigenvalue weighted by Crippen LogP contribution is 2.11. The Hall–Kier alpha value is -2.29. The van der Waals surface area contributed by atoms with Gasteiger partial charge in [-0.1, -0.05) is 18.2 Å². The van der Waals surface area contributed by atoms with Crippen molar-refractivity contribution in [3.05, 3.63) is 60.0 Å². The number of hydrogen-bond acceptors (Lipinski definition) is 6. The minimum atomic E-state index is -3.58. The van der Waals surface area contributed by atoms with Gasteiger partial charge in [-0.25, -0.2) is 13.1 Å². The highest BCUT2D eigenvalue weighted by molar-refractivity contribution is 14.0. The van der Waals surface area contributed by atoms with E-state index in [1.54, 1.807) is 25.2 Å². The van der Waals surface area contributed by atoms with Gasteiger partial charge in [0.1, 0.15) is 0 Å². The predicted molar refractivity (Wildman–Crippen MR) is 129 cm³/mol. The molecule has 3 aromatic rings. The maximum Gasteiger partial charge on any atom is 0.240 e. The van der Waals surface area contributed by atoms with Crippen molar-refractivity contribution in [1.29, 1.82) is 0 Å². The fraction of sp³-hybridized carbons (Fsp3) is 0.316. The molecule has 1 aromatic carbocycles. The molecule has 0 aliphatic carbocycles. The van der Waals surface area contributed by atoms with E-state index in [0.717, 1.165) is 17.0 Å². The molecule has 0 aliphatic heterocycles. The molecule has 0 aliphatic rings. The Bertz CT molecular complexity index is 1120. The van der Waals surface area contributed by atoms with Crippen molar-refractivity contribution in [2.75, 3.05) is 27.3 Å². The average Bonchev–Trinajstić information content (AvgIpc) is 3.17. The van der Waals surface area contributed by atoms with E-state index in [1.165, 1.54) is 7.11 Å². The molecule has 0 fully saturated rings. The molecule has 0 bridgehead atoms. The summed E-state index contributed by atoms with van der Waals surface area (Å²) in [5, 5.41) is 14.6. The zero-order valence-electron chi connectivity index (χ0n) is 17.3. The van der Waals surface area contributed by atoms with Crippen LogP contribution in [0.2, 0.25) is 0 Å². The molecule has 0 saturated heterocycles. The van der Waals surface area contributed by atoms with Crippen LogP contribution >= 0.6 is 24.0 Å². The van der Waals surface area contributed by atoms with Crippen molar-refractivity contribution in [1.82, 2.24) is 30.0 Å². The lowest BCUT2D eigenvalue weighted by Crippen LogP contribution is -2.36. The number of ether oxygens (including phenoxy) is 1. The number of sulfonamides is 1. The third-order valence-corrected chi connectivity index (χ3v) is 5.75. The number of pyridine rings is 1. The first kappa shape index (κ1) is 25.0. The maximum atomic E-state index is 12.4. The molecular formula is C19H26IN7O3S. The highest BCUT2D eigenvalue weighted by Gasteiger charge is 2.14. The molecule has 0 radical (unpaired) electrons. The Labute approximate surface area is 198 Å². The summed E-state index contributed by atoms with van der Waals surface area (Å²) in [5.74, 6) is 1.32. The van der Waals surface area contributed by atoms with Crippen LogP contribution in [0.5, 0.6) is 0 Å². The fourth-order valence-corrected chi connectivity index (χ4v) is 3.85. The second kappa shape index (κ2) is 11.9. The Kier molecular flexibility index (Phi) is 9.61. The zero-order chi connectivity index (χ0) is 21.4. The van der Waals surface area contributed by atoms with Crippen molar-refractivity contribution in [3.63, 3.8) is 0 Å². The Morgan fingerprint density at radius 1 is 1.13 bits per heavy atom. The monoisotopic (exact) mass is 559 g/mol. The van der Waals surface area contributed by atoms with Gasteiger partial charge in [0.25, 0.3) is 0 Å². The van der Waals surface area contributed by atoms with E-state index in [4.69, 9.17) is 4.74 Å². The van der Waals surface area contributed by atoms with Crippen LogP contribution in [0.1, 0.15) is 11.4 Å². The number of benzene rings is 1. The van der Waals surface area contributed by atoms with Crippen LogP contribution in [0.25, 0.3) is 5.65 Å². The van der Waals surface area contributed by atoms with Crippen molar-refractivity contribution in [2.45, 2.75) is 18.0 Å². The Balaban J connectivity index is 0.00000341. The summed E-state index contributed by atoms with van der Waals surface area (Å²) < 4.78 is 34.0. The molecule has 10 nitrogen and oxygen atoms in total. The highest BCUT2D eigenvalue weighted by atomic mass is 127. The normalized spacial score (nSPS) is 11.9. The molecule has 0 unspecified atom stereocenters. The van der Waals surface area contributed by atoms with Gasteiger partial charge < -0.3 is 15.4 Å². The molecule has 31 heavy (non-hydrogen) atoms. The summed E-state index contributed by atoms with van der Waals surface area (Å²) in [5.41, 5.74) is 1.58. The van der Waals surface area contributed by atoms with Crippen LogP contribution in [0.15, 0.2) is 58.5 Å². The summed E-state index contributed by atoms with van der Waals surface area (Å²) in [7, 11) is -0.396. The maximum absolute atomic E-state index is 12.4. The summed E-state index contributed by atoms with van der Waals surface area (Å²) >= 11 is 0. The number of hydrogen-bond donors (Lipinski definition) is 3. The molecule has 0 amide bonds. The van der Waals surface area contributed by atoms with Crippen molar-refractivity contribution in [2.24, 2.45) is 4.99 Å². The van der Waals surface area contributed by atoms with Gasteiger partial charge in [-0.3, -0.25) is 9.39 Å². The van der Waals surface area contributed by atoms with Crippen LogP contribution in [0.3, 0.4) is 0 Å². The van der Waals surface area contributed by atoms with Crippen molar-refractivity contribution < 1.29 is 13.2 Å². The minimum absolute atomic E-state index is 0. The summed E-state index contributed by atoms with van der Waals surface area (Å²) in [6.07, 6.45) is 1.90. The molecule has 3 N–H and O–H groups in total. The number of methoxy groups -OCH3 is 1. The third kappa shape index (κ3) is 6.85. The van der Waals surface area contributed by atoms with E-state index < -0.39 is 10.0 Å². The first-order valence-electron chi connectivity index (χ1n) is 9.34. The fourth-order valence-electron chi connectivity index (χ4n) is 2.76. The second-order valence-electron chi connectivity index (χ2n) is 6.36. The van der Waals surface area contributed by atoms with E-state index in [0.29, 0.717) is 25.7 Å². The van der Waals surface area contributed by atoms with Gasteiger partial charge in [-0.15, -0.1) is 34.2 Å². The number of fused-ring (bicyclic) bond motifs is 1. The van der Waals surface area contributed by atoms with Gasteiger partial charge in [-0.05, 0) is 29.8 Å². The van der Waals surface area contributed by atoms with Crippen molar-refractivity contribution in [3.8, 4) is 0 Å². The van der Waals surface area contributed by atoms with E-state index in [2.05, 4.69) is 30.5 Å². The lowest BCUT2D eigenvalue weighted by Gasteiger charge is -2.12. The third-order valence-electron chi connectivity index (χ3n) is 4.29. The number of nitrogens with one attached hydrogen (secondary N) is 3. The van der Waals surface area contributed by atoms with E-state index in [1.807, 2.05) is 34.9 Å². The molecule has 2 aromatic heterocycles. The topological polar surface area (TPSA) is 122 Å². The number of rotatable bonds is 9. The molecule has 12 heteroatoms. The van der Waals surface area contributed by atoms with Gasteiger partial charge >= 0.3 is 0 Å². The second-order valence-corrected chi connectivity index (χ2v) is 8.13. The van der Waals surface area contributed by atoms with Crippen LogP contribution in [0, 0.1) is 0 Å². The number of guanidine groups is 1. The number of aliphatic imine (C=N–C) groups is 1. The lowest BCUT2D eigenvalue weighted by atomic mass is 10.2. The van der Waals surface area contributed by atoms with Crippen LogP contribution in [-0.4, -0.2) is 56.3 Å². The van der Waals surface area contributed by atoms with Crippen LogP contribution in [0.4, 0.5) is 0 Å². The standard InChI is InChI=1S/C19H25N7O3S.HI/c1-20-19(22-14-18-25-24-17-8-3-4-10-26(17)18)21-13-15-6-5-7-16(12-15)30(27,28)23-9-11-29-2;/h3-8,10,12,23H,9,11,13-14H2,1-2H3,(H2,20,21,22);1H. The molecule has 3 rings (SSSR count). The molecule has 0 spiro atoms. The van der Waals surface area contributed by atoms with Gasteiger partial charge in [0.15, 0.2) is 17.4 Å². The van der Waals surface area contributed by atoms with E-state index in [9.17, 15) is 8.42 Å². The lowest BCUT2D eigenvalue weighted by molar-refractivity contribution is 0.204. The van der Waals surface area contributed by atoms with E-state index >= 15 is 0 Å². The van der Waals surface area contributed by atoms with E-state index in [-0.39, 0.29) is 35.4 Å². The Morgan fingerprint density at radius 2 is 1.94 bits per heavy atom. The Morgan fingerprint density at radius 3 is 2.71 bits per heavy atom. The van der Waals surface area contributed by atoms with Gasteiger partial charge in [0.05, 0.1) is 18.0 Å². The summed E-state index contributed by atoms with van der Waals surface area (Å²) in [6, 6.07) is 12.4. The predicted octanol–water partition coefficient (Wildman–Crippen LogP) is 1.14. The molecule has 2 heterocycles. The smallest absolute Gasteiger partial charge is 0.240 e. The summed E-state index contributed by atoms with van der Waals surface area (Å²) in [4.78, 5) is 4.40. The minimum Gasteiger partial charge on any atom is -0.383 e. The number of aromatic nitrogens is 3. The summed E-state index contributed by atoms with van der Waals surface area (Å²) in [6.45, 7) is 1.36. The number of halogens is 1. The molecule has 168 valence electrons.